The Hall–Kier alpha value is -2.21. The number of hydrogen-bond donors (Lipinski definition) is 0. The third kappa shape index (κ3) is 2.48. The molecule has 0 heterocycles. The molecule has 0 saturated heterocycles. The maximum atomic E-state index is 13.7. The first kappa shape index (κ1) is 13.2. The molecule has 96 valence electrons. The summed E-state index contributed by atoms with van der Waals surface area (Å²) in [5.41, 5.74) is 0.428. The van der Waals surface area contributed by atoms with Gasteiger partial charge in [0.2, 0.25) is 0 Å². The summed E-state index contributed by atoms with van der Waals surface area (Å²) in [6, 6.07) is 11.6. The number of carbonyl (C=O) groups is 1. The first-order chi connectivity index (χ1) is 9.19. The molecule has 0 radical (unpaired) electrons. The molecule has 0 aromatic heterocycles. The Labute approximate surface area is 111 Å². The van der Waals surface area contributed by atoms with Gasteiger partial charge in [-0.2, -0.15) is 5.26 Å². The molecule has 0 bridgehead atoms. The van der Waals surface area contributed by atoms with Crippen molar-refractivity contribution in [2.24, 2.45) is 5.92 Å². The van der Waals surface area contributed by atoms with Gasteiger partial charge in [-0.05, 0) is 23.9 Å². The number of hydrogen-bond acceptors (Lipinski definition) is 2. The molecule has 0 aliphatic heterocycles. The quantitative estimate of drug-likeness (QED) is 0.772. The van der Waals surface area contributed by atoms with Crippen LogP contribution < -0.4 is 0 Å². The predicted molar refractivity (Wildman–Crippen MR) is 72.2 cm³/mol. The first-order valence-corrected chi connectivity index (χ1v) is 6.30. The van der Waals surface area contributed by atoms with E-state index in [9.17, 15) is 9.18 Å². The molecule has 2 nitrogen and oxygen atoms in total. The summed E-state index contributed by atoms with van der Waals surface area (Å²) in [5, 5.41) is 10.1. The van der Waals surface area contributed by atoms with Crippen LogP contribution in [0.5, 0.6) is 0 Å². The fourth-order valence-electron chi connectivity index (χ4n) is 2.21. The lowest BCUT2D eigenvalue weighted by molar-refractivity contribution is 0.0945. The normalized spacial score (nSPS) is 12.1. The molecular formula is C16H14FNO. The monoisotopic (exact) mass is 255 g/mol. The molecule has 3 heteroatoms. The molecule has 0 fully saturated rings. The molecule has 0 N–H and O–H groups in total. The molecule has 0 saturated carbocycles. The van der Waals surface area contributed by atoms with E-state index in [4.69, 9.17) is 5.26 Å². The highest BCUT2D eigenvalue weighted by Gasteiger charge is 2.21. The lowest BCUT2D eigenvalue weighted by Crippen LogP contribution is -2.13. The SMILES string of the molecule is CCCC(C#N)C(=O)c1ccc(F)c2ccccc12. The maximum Gasteiger partial charge on any atom is 0.180 e. The Balaban J connectivity index is 2.55. The minimum atomic E-state index is -0.654. The molecule has 0 aliphatic rings. The average Bonchev–Trinajstić information content (AvgIpc) is 2.45. The van der Waals surface area contributed by atoms with Crippen molar-refractivity contribution in [2.45, 2.75) is 19.8 Å². The third-order valence-corrected chi connectivity index (χ3v) is 3.19. The number of carbonyl (C=O) groups excluding carboxylic acids is 1. The van der Waals surface area contributed by atoms with Crippen LogP contribution in [0.3, 0.4) is 0 Å². The molecule has 1 atom stereocenters. The minimum absolute atomic E-state index is 0.222. The number of fused-ring (bicyclic) bond motifs is 1. The van der Waals surface area contributed by atoms with Gasteiger partial charge in [0, 0.05) is 10.9 Å². The van der Waals surface area contributed by atoms with Crippen molar-refractivity contribution in [3.05, 3.63) is 47.8 Å². The van der Waals surface area contributed by atoms with Gasteiger partial charge < -0.3 is 0 Å². The molecule has 0 aliphatic carbocycles. The van der Waals surface area contributed by atoms with E-state index >= 15 is 0 Å². The Kier molecular flexibility index (Phi) is 3.91. The van der Waals surface area contributed by atoms with E-state index in [2.05, 4.69) is 0 Å². The van der Waals surface area contributed by atoms with Gasteiger partial charge in [0.25, 0.3) is 0 Å². The Bertz CT molecular complexity index is 657. The van der Waals surface area contributed by atoms with E-state index in [0.717, 1.165) is 6.42 Å². The van der Waals surface area contributed by atoms with E-state index in [0.29, 0.717) is 22.8 Å². The van der Waals surface area contributed by atoms with Crippen LogP contribution in [0.15, 0.2) is 36.4 Å². The van der Waals surface area contributed by atoms with Gasteiger partial charge in [0.15, 0.2) is 5.78 Å². The summed E-state index contributed by atoms with van der Waals surface area (Å²) >= 11 is 0. The van der Waals surface area contributed by atoms with Crippen molar-refractivity contribution in [2.75, 3.05) is 0 Å². The van der Waals surface area contributed by atoms with Crippen molar-refractivity contribution >= 4 is 16.6 Å². The molecule has 2 aromatic carbocycles. The number of Topliss-reactive ketones (excluding diaryl/α,β-unsaturated/α-hetero) is 1. The summed E-state index contributed by atoms with van der Waals surface area (Å²) in [6.07, 6.45) is 1.30. The van der Waals surface area contributed by atoms with Crippen molar-refractivity contribution in [3.8, 4) is 6.07 Å². The van der Waals surface area contributed by atoms with Gasteiger partial charge >= 0.3 is 0 Å². The zero-order valence-corrected chi connectivity index (χ0v) is 10.7. The van der Waals surface area contributed by atoms with Gasteiger partial charge in [0.05, 0.1) is 6.07 Å². The van der Waals surface area contributed by atoms with Crippen LogP contribution in [0.2, 0.25) is 0 Å². The number of rotatable bonds is 4. The van der Waals surface area contributed by atoms with Gasteiger partial charge in [-0.3, -0.25) is 4.79 Å². The highest BCUT2D eigenvalue weighted by Crippen LogP contribution is 2.25. The lowest BCUT2D eigenvalue weighted by atomic mass is 9.91. The van der Waals surface area contributed by atoms with E-state index in [-0.39, 0.29) is 11.6 Å². The van der Waals surface area contributed by atoms with Crippen molar-refractivity contribution in [1.82, 2.24) is 0 Å². The zero-order valence-electron chi connectivity index (χ0n) is 10.7. The van der Waals surface area contributed by atoms with Gasteiger partial charge in [-0.15, -0.1) is 0 Å². The molecule has 19 heavy (non-hydrogen) atoms. The number of nitriles is 1. The number of ketones is 1. The smallest absolute Gasteiger partial charge is 0.180 e. The van der Waals surface area contributed by atoms with Crippen LogP contribution in [0, 0.1) is 23.1 Å². The van der Waals surface area contributed by atoms with Crippen LogP contribution in [0.4, 0.5) is 4.39 Å². The molecule has 0 amide bonds. The van der Waals surface area contributed by atoms with E-state index in [1.54, 1.807) is 24.3 Å². The third-order valence-electron chi connectivity index (χ3n) is 3.19. The van der Waals surface area contributed by atoms with Crippen molar-refractivity contribution in [1.29, 1.82) is 5.26 Å². The van der Waals surface area contributed by atoms with Gasteiger partial charge in [-0.25, -0.2) is 4.39 Å². The second kappa shape index (κ2) is 5.62. The molecule has 2 rings (SSSR count). The first-order valence-electron chi connectivity index (χ1n) is 6.30. The fraction of sp³-hybridized carbons (Fsp3) is 0.250. The topological polar surface area (TPSA) is 40.9 Å². The molecular weight excluding hydrogens is 241 g/mol. The van der Waals surface area contributed by atoms with Gasteiger partial charge in [0.1, 0.15) is 11.7 Å². The van der Waals surface area contributed by atoms with E-state index in [1.807, 2.05) is 13.0 Å². The van der Waals surface area contributed by atoms with Crippen LogP contribution in [-0.2, 0) is 0 Å². The molecule has 2 aromatic rings. The summed E-state index contributed by atoms with van der Waals surface area (Å²) in [6.45, 7) is 1.93. The summed E-state index contributed by atoms with van der Waals surface area (Å²) in [7, 11) is 0. The zero-order chi connectivity index (χ0) is 13.8. The lowest BCUT2D eigenvalue weighted by Gasteiger charge is -2.10. The molecule has 1 unspecified atom stereocenters. The van der Waals surface area contributed by atoms with E-state index < -0.39 is 5.92 Å². The predicted octanol–water partition coefficient (Wildman–Crippen LogP) is 4.10. The summed E-state index contributed by atoms with van der Waals surface area (Å²) in [4.78, 5) is 12.3. The van der Waals surface area contributed by atoms with Crippen LogP contribution in [-0.4, -0.2) is 5.78 Å². The average molecular weight is 255 g/mol. The fourth-order valence-corrected chi connectivity index (χ4v) is 2.21. The Morgan fingerprint density at radius 3 is 2.58 bits per heavy atom. The Morgan fingerprint density at radius 2 is 1.95 bits per heavy atom. The maximum absolute atomic E-state index is 13.7. The van der Waals surface area contributed by atoms with Crippen LogP contribution in [0.1, 0.15) is 30.1 Å². The van der Waals surface area contributed by atoms with Crippen molar-refractivity contribution < 1.29 is 9.18 Å². The number of benzene rings is 2. The van der Waals surface area contributed by atoms with Crippen LogP contribution in [0.25, 0.3) is 10.8 Å². The highest BCUT2D eigenvalue weighted by molar-refractivity contribution is 6.10. The van der Waals surface area contributed by atoms with E-state index in [1.165, 1.54) is 12.1 Å². The molecule has 0 spiro atoms. The highest BCUT2D eigenvalue weighted by atomic mass is 19.1. The summed E-state index contributed by atoms with van der Waals surface area (Å²) in [5.74, 6) is -1.23. The van der Waals surface area contributed by atoms with Crippen LogP contribution >= 0.6 is 0 Å². The summed E-state index contributed by atoms with van der Waals surface area (Å²) < 4.78 is 13.7. The number of nitrogens with zero attached hydrogens (tertiary/aromatic N) is 1. The number of halogens is 1. The van der Waals surface area contributed by atoms with Gasteiger partial charge in [-0.1, -0.05) is 37.6 Å². The van der Waals surface area contributed by atoms with Crippen molar-refractivity contribution in [3.63, 3.8) is 0 Å². The Morgan fingerprint density at radius 1 is 1.26 bits per heavy atom. The second-order valence-corrected chi connectivity index (χ2v) is 4.48. The second-order valence-electron chi connectivity index (χ2n) is 4.48. The largest absolute Gasteiger partial charge is 0.293 e. The minimum Gasteiger partial charge on any atom is -0.293 e. The standard InChI is InChI=1S/C16H14FNO/c1-2-5-11(10-18)16(19)14-8-9-15(17)13-7-4-3-6-12(13)14/h3-4,6-9,11H,2,5H2,1H3.